The largest absolute Gasteiger partial charge is 0.379 e. The lowest BCUT2D eigenvalue weighted by atomic mass is 10.3. The minimum Gasteiger partial charge on any atom is -0.379 e. The van der Waals surface area contributed by atoms with Crippen LogP contribution < -0.4 is 4.90 Å². The molecule has 0 radical (unpaired) electrons. The molecule has 0 spiro atoms. The van der Waals surface area contributed by atoms with Crippen molar-refractivity contribution in [3.63, 3.8) is 0 Å². The van der Waals surface area contributed by atoms with Crippen molar-refractivity contribution in [3.8, 4) is 0 Å². The number of ether oxygens (including phenoxy) is 1. The Balaban J connectivity index is 1.48. The highest BCUT2D eigenvalue weighted by Gasteiger charge is 2.24. The van der Waals surface area contributed by atoms with E-state index in [9.17, 15) is 4.79 Å². The molecule has 9 heteroatoms. The monoisotopic (exact) mass is 465 g/mol. The quantitative estimate of drug-likeness (QED) is 0.400. The van der Waals surface area contributed by atoms with Gasteiger partial charge >= 0.3 is 0 Å². The predicted octanol–water partition coefficient (Wildman–Crippen LogP) is 3.94. The van der Waals surface area contributed by atoms with E-state index in [1.165, 1.54) is 16.2 Å². The number of thioether (sulfide) groups is 1. The number of morpholine rings is 1. The highest BCUT2D eigenvalue weighted by Crippen LogP contribution is 2.32. The summed E-state index contributed by atoms with van der Waals surface area (Å²) in [7, 11) is 0. The maximum Gasteiger partial charge on any atom is 0.280 e. The molecule has 1 amide bonds. The first kappa shape index (κ1) is 21.3. The van der Waals surface area contributed by atoms with Gasteiger partial charge in [0, 0.05) is 31.1 Å². The molecule has 0 unspecified atom stereocenters. The van der Waals surface area contributed by atoms with E-state index in [2.05, 4.69) is 33.3 Å². The number of hydrogen-bond donors (Lipinski definition) is 0. The molecule has 0 N–H and O–H groups in total. The number of hydrogen-bond acceptors (Lipinski definition) is 8. The molecule has 0 bridgehead atoms. The van der Waals surface area contributed by atoms with Crippen LogP contribution in [-0.4, -0.2) is 71.4 Å². The molecule has 0 aliphatic carbocycles. The molecule has 2 aromatic carbocycles. The van der Waals surface area contributed by atoms with Crippen molar-refractivity contribution < 1.29 is 9.53 Å². The van der Waals surface area contributed by atoms with Gasteiger partial charge in [-0.15, -0.1) is 11.8 Å². The van der Waals surface area contributed by atoms with E-state index >= 15 is 0 Å². The molecule has 1 fully saturated rings. The lowest BCUT2D eigenvalue weighted by Gasteiger charge is -2.29. The van der Waals surface area contributed by atoms with Gasteiger partial charge in [-0.3, -0.25) is 19.6 Å². The van der Waals surface area contributed by atoms with Gasteiger partial charge in [-0.1, -0.05) is 23.5 Å². The third kappa shape index (κ3) is 4.47. The van der Waals surface area contributed by atoms with Crippen LogP contribution in [0.4, 0.5) is 5.13 Å². The first-order chi connectivity index (χ1) is 15.7. The maximum atomic E-state index is 13.6. The van der Waals surface area contributed by atoms with Crippen LogP contribution in [0.5, 0.6) is 0 Å². The molecular weight excluding hydrogens is 442 g/mol. The van der Waals surface area contributed by atoms with Crippen LogP contribution in [0.2, 0.25) is 0 Å². The van der Waals surface area contributed by atoms with E-state index in [0.717, 1.165) is 48.6 Å². The summed E-state index contributed by atoms with van der Waals surface area (Å²) in [5.41, 5.74) is 2.71. The minimum atomic E-state index is -0.180. The van der Waals surface area contributed by atoms with E-state index in [-0.39, 0.29) is 5.91 Å². The van der Waals surface area contributed by atoms with E-state index < -0.39 is 0 Å². The van der Waals surface area contributed by atoms with E-state index in [0.29, 0.717) is 22.9 Å². The van der Waals surface area contributed by atoms with Crippen molar-refractivity contribution in [2.75, 3.05) is 50.5 Å². The second-order valence-corrected chi connectivity index (χ2v) is 9.37. The second-order valence-electron chi connectivity index (χ2n) is 7.48. The van der Waals surface area contributed by atoms with Gasteiger partial charge in [0.25, 0.3) is 5.91 Å². The van der Waals surface area contributed by atoms with Gasteiger partial charge in [0.2, 0.25) is 0 Å². The van der Waals surface area contributed by atoms with Crippen molar-refractivity contribution in [1.82, 2.24) is 19.9 Å². The second kappa shape index (κ2) is 9.50. The first-order valence-electron chi connectivity index (χ1n) is 10.5. The molecule has 5 rings (SSSR count). The molecule has 1 saturated heterocycles. The third-order valence-corrected chi connectivity index (χ3v) is 7.24. The SMILES string of the molecule is CSc1ccc2nc(N(CCN3CCOCC3)C(=O)c3cnc4ccccc4n3)sc2c1. The number of amides is 1. The van der Waals surface area contributed by atoms with Crippen molar-refractivity contribution in [2.45, 2.75) is 4.90 Å². The van der Waals surface area contributed by atoms with Crippen LogP contribution in [-0.2, 0) is 4.74 Å². The molecule has 0 saturated carbocycles. The Morgan fingerprint density at radius 2 is 1.94 bits per heavy atom. The first-order valence-corrected chi connectivity index (χ1v) is 12.5. The normalized spacial score (nSPS) is 14.8. The number of para-hydroxylation sites is 2. The Kier molecular flexibility index (Phi) is 6.31. The summed E-state index contributed by atoms with van der Waals surface area (Å²) in [5, 5.41) is 0.687. The molecule has 3 heterocycles. The summed E-state index contributed by atoms with van der Waals surface area (Å²) in [6.07, 6.45) is 3.62. The number of benzene rings is 2. The van der Waals surface area contributed by atoms with Crippen LogP contribution in [0.1, 0.15) is 10.5 Å². The molecule has 2 aromatic heterocycles. The number of thiazole rings is 1. The Hall–Kier alpha value is -2.59. The number of anilines is 1. The lowest BCUT2D eigenvalue weighted by molar-refractivity contribution is 0.0391. The molecule has 1 aliphatic heterocycles. The Bertz CT molecular complexity index is 1260. The Labute approximate surface area is 194 Å². The van der Waals surface area contributed by atoms with E-state index in [4.69, 9.17) is 9.72 Å². The van der Waals surface area contributed by atoms with Gasteiger partial charge in [0.15, 0.2) is 5.13 Å². The van der Waals surface area contributed by atoms with Gasteiger partial charge in [-0.05, 0) is 36.6 Å². The molecule has 4 aromatic rings. The van der Waals surface area contributed by atoms with Gasteiger partial charge in [-0.2, -0.15) is 0 Å². The number of aromatic nitrogens is 3. The average Bonchev–Trinajstić information content (AvgIpc) is 3.27. The summed E-state index contributed by atoms with van der Waals surface area (Å²) in [5.74, 6) is -0.180. The minimum absolute atomic E-state index is 0.180. The predicted molar refractivity (Wildman–Crippen MR) is 130 cm³/mol. The fourth-order valence-corrected chi connectivity index (χ4v) is 5.23. The standard InChI is InChI=1S/C23H23N5O2S2/c1-31-16-6-7-19-21(14-16)32-23(26-19)28(9-8-27-10-12-30-13-11-27)22(29)20-15-24-17-4-2-3-5-18(17)25-20/h2-7,14-15H,8-13H2,1H3. The Morgan fingerprint density at radius 1 is 1.12 bits per heavy atom. The molecule has 32 heavy (non-hydrogen) atoms. The van der Waals surface area contributed by atoms with E-state index in [1.54, 1.807) is 22.9 Å². The van der Waals surface area contributed by atoms with Crippen molar-refractivity contribution in [3.05, 3.63) is 54.4 Å². The lowest BCUT2D eigenvalue weighted by Crippen LogP contribution is -2.43. The summed E-state index contributed by atoms with van der Waals surface area (Å²) < 4.78 is 6.53. The average molecular weight is 466 g/mol. The maximum absolute atomic E-state index is 13.6. The third-order valence-electron chi connectivity index (χ3n) is 5.47. The van der Waals surface area contributed by atoms with Crippen molar-refractivity contribution in [2.24, 2.45) is 0 Å². The highest BCUT2D eigenvalue weighted by molar-refractivity contribution is 7.98. The Morgan fingerprint density at radius 3 is 2.75 bits per heavy atom. The van der Waals surface area contributed by atoms with Gasteiger partial charge < -0.3 is 4.74 Å². The zero-order valence-electron chi connectivity index (χ0n) is 17.7. The number of rotatable bonds is 6. The zero-order chi connectivity index (χ0) is 21.9. The molecule has 164 valence electrons. The summed E-state index contributed by atoms with van der Waals surface area (Å²) in [4.78, 5) is 32.7. The molecule has 1 aliphatic rings. The van der Waals surface area contributed by atoms with Gasteiger partial charge in [0.1, 0.15) is 5.69 Å². The zero-order valence-corrected chi connectivity index (χ0v) is 19.4. The summed E-state index contributed by atoms with van der Waals surface area (Å²) >= 11 is 3.23. The topological polar surface area (TPSA) is 71.5 Å². The van der Waals surface area contributed by atoms with Gasteiger partial charge in [-0.25, -0.2) is 9.97 Å². The van der Waals surface area contributed by atoms with Crippen molar-refractivity contribution >= 4 is 55.4 Å². The van der Waals surface area contributed by atoms with Crippen LogP contribution in [0.3, 0.4) is 0 Å². The number of fused-ring (bicyclic) bond motifs is 2. The van der Waals surface area contributed by atoms with Crippen LogP contribution >= 0.6 is 23.1 Å². The summed E-state index contributed by atoms with van der Waals surface area (Å²) in [6, 6.07) is 13.8. The number of carbonyl (C=O) groups is 1. The smallest absolute Gasteiger partial charge is 0.280 e. The van der Waals surface area contributed by atoms with Gasteiger partial charge in [0.05, 0.1) is 40.7 Å². The molecule has 7 nitrogen and oxygen atoms in total. The fourth-order valence-electron chi connectivity index (χ4n) is 3.68. The fraction of sp³-hybridized carbons (Fsp3) is 0.304. The molecule has 0 atom stereocenters. The van der Waals surface area contributed by atoms with Crippen molar-refractivity contribution in [1.29, 1.82) is 0 Å². The highest BCUT2D eigenvalue weighted by atomic mass is 32.2. The molecular formula is C23H23N5O2S2. The summed E-state index contributed by atoms with van der Waals surface area (Å²) in [6.45, 7) is 4.47. The number of nitrogens with zero attached hydrogens (tertiary/aromatic N) is 5. The van der Waals surface area contributed by atoms with Crippen LogP contribution in [0.15, 0.2) is 53.6 Å². The number of carbonyl (C=O) groups excluding carboxylic acids is 1. The van der Waals surface area contributed by atoms with Crippen LogP contribution in [0.25, 0.3) is 21.3 Å². The van der Waals surface area contributed by atoms with E-state index in [1.807, 2.05) is 30.3 Å². The van der Waals surface area contributed by atoms with Crippen LogP contribution in [0, 0.1) is 0 Å².